The number of hydrogen-bond acceptors (Lipinski definition) is 8. The predicted octanol–water partition coefficient (Wildman–Crippen LogP) is -1.89. The van der Waals surface area contributed by atoms with Crippen LogP contribution in [0.1, 0.15) is 26.2 Å². The summed E-state index contributed by atoms with van der Waals surface area (Å²) in [6.45, 7) is 1.44. The molecule has 2 saturated heterocycles. The highest BCUT2D eigenvalue weighted by molar-refractivity contribution is 5.95. The summed E-state index contributed by atoms with van der Waals surface area (Å²) in [6.07, 6.45) is -3.58. The molecule has 0 aromatic heterocycles. The Kier molecular flexibility index (Phi) is 3.17. The number of carbonyl (C=O) groups is 4. The van der Waals surface area contributed by atoms with Gasteiger partial charge in [0.1, 0.15) is 0 Å². The van der Waals surface area contributed by atoms with Crippen molar-refractivity contribution in [1.29, 1.82) is 0 Å². The van der Waals surface area contributed by atoms with Gasteiger partial charge in [0.2, 0.25) is 0 Å². The van der Waals surface area contributed by atoms with Gasteiger partial charge in [-0.15, -0.1) is 0 Å². The number of hydrogen-bond donors (Lipinski definition) is 2. The first-order valence-electron chi connectivity index (χ1n) is 5.88. The van der Waals surface area contributed by atoms with E-state index in [1.807, 2.05) is 0 Å². The van der Waals surface area contributed by atoms with Crippen LogP contribution < -0.4 is 5.73 Å². The molecular weight excluding hydrogens is 274 g/mol. The fraction of sp³-hybridized carbons (Fsp3) is 0.636. The van der Waals surface area contributed by atoms with E-state index in [1.165, 1.54) is 6.92 Å². The van der Waals surface area contributed by atoms with Gasteiger partial charge in [-0.05, 0) is 0 Å². The van der Waals surface area contributed by atoms with Crippen molar-refractivity contribution >= 4 is 23.8 Å². The number of carbonyl (C=O) groups excluding carboxylic acids is 4. The molecule has 3 atom stereocenters. The lowest BCUT2D eigenvalue weighted by atomic mass is 9.94. The Morgan fingerprint density at radius 1 is 1.30 bits per heavy atom. The van der Waals surface area contributed by atoms with Crippen LogP contribution in [-0.4, -0.2) is 46.4 Å². The number of primary amides is 1. The predicted molar refractivity (Wildman–Crippen MR) is 58.5 cm³/mol. The number of cyclic esters (lactones) is 1. The topological polar surface area (TPSA) is 142 Å². The van der Waals surface area contributed by atoms with Gasteiger partial charge in [0, 0.05) is 6.42 Å². The zero-order valence-electron chi connectivity index (χ0n) is 10.6. The molecule has 2 aliphatic rings. The van der Waals surface area contributed by atoms with Gasteiger partial charge < -0.3 is 25.1 Å². The number of fused-ring (bicyclic) bond motifs is 3. The minimum absolute atomic E-state index is 0.169. The normalized spacial score (nSPS) is 37.1. The third-order valence-corrected chi connectivity index (χ3v) is 3.33. The standard InChI is InChI=1S/C11H13NO8/c1-2-11(7(12)15)9-18-5(13)3-10(17,8(16)19-9)4-6(14)20-11/h9,17H,2-4H2,1H3,(H2,12,15). The van der Waals surface area contributed by atoms with E-state index in [9.17, 15) is 24.3 Å². The van der Waals surface area contributed by atoms with Gasteiger partial charge in [0.05, 0.1) is 12.8 Å². The summed E-state index contributed by atoms with van der Waals surface area (Å²) in [7, 11) is 0. The van der Waals surface area contributed by atoms with E-state index >= 15 is 0 Å². The summed E-state index contributed by atoms with van der Waals surface area (Å²) < 4.78 is 14.5. The van der Waals surface area contributed by atoms with Gasteiger partial charge in [-0.3, -0.25) is 14.4 Å². The van der Waals surface area contributed by atoms with Gasteiger partial charge in [-0.25, -0.2) is 4.79 Å². The molecule has 0 aromatic carbocycles. The van der Waals surface area contributed by atoms with E-state index in [4.69, 9.17) is 19.9 Å². The molecule has 0 aliphatic carbocycles. The van der Waals surface area contributed by atoms with Crippen LogP contribution in [0.5, 0.6) is 0 Å². The third-order valence-electron chi connectivity index (χ3n) is 3.33. The summed E-state index contributed by atoms with van der Waals surface area (Å²) in [5.41, 5.74) is 0.728. The maximum absolute atomic E-state index is 11.8. The summed E-state index contributed by atoms with van der Waals surface area (Å²) in [4.78, 5) is 46.8. The number of rotatable bonds is 2. The molecule has 2 fully saturated rings. The second-order valence-electron chi connectivity index (χ2n) is 4.69. The number of nitrogens with two attached hydrogens (primary N) is 1. The van der Waals surface area contributed by atoms with Crippen molar-refractivity contribution in [1.82, 2.24) is 0 Å². The van der Waals surface area contributed by atoms with Crippen LogP contribution in [0.25, 0.3) is 0 Å². The molecule has 2 heterocycles. The first-order chi connectivity index (χ1) is 9.23. The van der Waals surface area contributed by atoms with Crippen LogP contribution in [-0.2, 0) is 33.4 Å². The lowest BCUT2D eigenvalue weighted by Crippen LogP contribution is -2.60. The minimum atomic E-state index is -2.36. The molecule has 3 N–H and O–H groups in total. The quantitative estimate of drug-likeness (QED) is 0.561. The van der Waals surface area contributed by atoms with E-state index in [2.05, 4.69) is 0 Å². The zero-order valence-corrected chi connectivity index (χ0v) is 10.6. The monoisotopic (exact) mass is 287 g/mol. The second kappa shape index (κ2) is 4.44. The molecule has 0 spiro atoms. The van der Waals surface area contributed by atoms with Crippen molar-refractivity contribution < 1.29 is 38.5 Å². The largest absolute Gasteiger partial charge is 0.441 e. The molecule has 2 bridgehead atoms. The molecule has 2 rings (SSSR count). The summed E-state index contributed by atoms with van der Waals surface area (Å²) in [6, 6.07) is 0. The fourth-order valence-electron chi connectivity index (χ4n) is 2.13. The molecule has 0 radical (unpaired) electrons. The number of ether oxygens (including phenoxy) is 3. The van der Waals surface area contributed by atoms with Crippen LogP contribution in [0.15, 0.2) is 0 Å². The third kappa shape index (κ3) is 1.99. The molecule has 9 heteroatoms. The Balaban J connectivity index is 2.55. The first-order valence-corrected chi connectivity index (χ1v) is 5.88. The van der Waals surface area contributed by atoms with Crippen molar-refractivity contribution in [3.8, 4) is 0 Å². The highest BCUT2D eigenvalue weighted by atomic mass is 16.7. The van der Waals surface area contributed by atoms with Gasteiger partial charge in [-0.2, -0.15) is 0 Å². The van der Waals surface area contributed by atoms with Crippen LogP contribution in [0.4, 0.5) is 0 Å². The van der Waals surface area contributed by atoms with Crippen LogP contribution >= 0.6 is 0 Å². The Hall–Kier alpha value is -2.16. The molecule has 1 amide bonds. The summed E-state index contributed by atoms with van der Waals surface area (Å²) in [5, 5.41) is 10.0. The molecular formula is C11H13NO8. The smallest absolute Gasteiger partial charge is 0.342 e. The second-order valence-corrected chi connectivity index (χ2v) is 4.69. The van der Waals surface area contributed by atoms with E-state index in [0.717, 1.165) is 0 Å². The minimum Gasteiger partial charge on any atom is -0.441 e. The number of esters is 3. The molecule has 9 nitrogen and oxygen atoms in total. The van der Waals surface area contributed by atoms with Crippen LogP contribution in [0.3, 0.4) is 0 Å². The van der Waals surface area contributed by atoms with Gasteiger partial charge in [0.25, 0.3) is 17.8 Å². The Morgan fingerprint density at radius 3 is 2.45 bits per heavy atom. The number of amides is 1. The Morgan fingerprint density at radius 2 is 1.90 bits per heavy atom. The highest BCUT2D eigenvalue weighted by Gasteiger charge is 2.59. The van der Waals surface area contributed by atoms with Gasteiger partial charge >= 0.3 is 17.9 Å². The molecule has 0 aromatic rings. The zero-order chi connectivity index (χ0) is 15.1. The van der Waals surface area contributed by atoms with Gasteiger partial charge in [-0.1, -0.05) is 6.92 Å². The van der Waals surface area contributed by atoms with E-state index in [1.54, 1.807) is 0 Å². The van der Waals surface area contributed by atoms with Crippen LogP contribution in [0.2, 0.25) is 0 Å². The summed E-state index contributed by atoms with van der Waals surface area (Å²) >= 11 is 0. The average molecular weight is 287 g/mol. The van der Waals surface area contributed by atoms with Crippen LogP contribution in [0, 0.1) is 0 Å². The molecule has 2 aliphatic heterocycles. The maximum atomic E-state index is 11.8. The highest BCUT2D eigenvalue weighted by Crippen LogP contribution is 2.35. The lowest BCUT2D eigenvalue weighted by molar-refractivity contribution is -0.243. The molecule has 110 valence electrons. The Labute approximate surface area is 112 Å². The fourth-order valence-corrected chi connectivity index (χ4v) is 2.13. The van der Waals surface area contributed by atoms with Crippen molar-refractivity contribution in [3.05, 3.63) is 0 Å². The number of aliphatic hydroxyl groups is 1. The molecule has 20 heavy (non-hydrogen) atoms. The Bertz CT molecular complexity index is 503. The van der Waals surface area contributed by atoms with Crippen molar-refractivity contribution in [2.24, 2.45) is 5.73 Å². The SMILES string of the molecule is CCC1(C(N)=O)OC(=O)CC2(O)CC(=O)OC1OC2=O. The van der Waals surface area contributed by atoms with Crippen molar-refractivity contribution in [3.63, 3.8) is 0 Å². The lowest BCUT2D eigenvalue weighted by Gasteiger charge is -2.36. The van der Waals surface area contributed by atoms with E-state index in [-0.39, 0.29) is 6.42 Å². The van der Waals surface area contributed by atoms with Crippen molar-refractivity contribution in [2.75, 3.05) is 0 Å². The summed E-state index contributed by atoms with van der Waals surface area (Å²) in [5.74, 6) is -4.40. The average Bonchev–Trinajstić information content (AvgIpc) is 2.40. The molecule has 0 saturated carbocycles. The van der Waals surface area contributed by atoms with Crippen molar-refractivity contribution in [2.45, 2.75) is 43.7 Å². The van der Waals surface area contributed by atoms with E-state index in [0.29, 0.717) is 0 Å². The van der Waals surface area contributed by atoms with Gasteiger partial charge in [0.15, 0.2) is 5.60 Å². The molecule has 3 unspecified atom stereocenters. The first kappa shape index (κ1) is 14.3. The maximum Gasteiger partial charge on any atom is 0.342 e. The van der Waals surface area contributed by atoms with E-state index < -0.39 is 54.1 Å².